The van der Waals surface area contributed by atoms with Crippen molar-refractivity contribution >= 4 is 17.7 Å². The van der Waals surface area contributed by atoms with E-state index in [4.69, 9.17) is 16.3 Å². The van der Waals surface area contributed by atoms with Crippen molar-refractivity contribution < 1.29 is 49.0 Å². The topological polar surface area (TPSA) is 42.4 Å². The molecule has 3 heterocycles. The van der Waals surface area contributed by atoms with Crippen LogP contribution in [0.3, 0.4) is 0 Å². The van der Waals surface area contributed by atoms with Gasteiger partial charge in [-0.25, -0.2) is 9.78 Å². The van der Waals surface area contributed by atoms with E-state index >= 15 is 0 Å². The molecule has 2 aromatic rings. The molecule has 2 fully saturated rings. The van der Waals surface area contributed by atoms with Gasteiger partial charge < -0.3 is 4.74 Å². The summed E-state index contributed by atoms with van der Waals surface area (Å²) >= 11 is 6.00. The fourth-order valence-electron chi connectivity index (χ4n) is 4.20. The van der Waals surface area contributed by atoms with Gasteiger partial charge in [0, 0.05) is 0 Å². The number of ether oxygens (including phenoxy) is 1. The van der Waals surface area contributed by atoms with Crippen LogP contribution in [0, 0.1) is 0 Å². The Labute approximate surface area is 190 Å². The molecule has 4 rings (SSSR count). The number of halogens is 10. The number of amides is 1. The van der Waals surface area contributed by atoms with E-state index in [1.807, 2.05) is 0 Å². The fraction of sp³-hybridized carbons (Fsp3) is 0.400. The first kappa shape index (κ1) is 24.4. The van der Waals surface area contributed by atoms with Gasteiger partial charge in [-0.05, 0) is 48.7 Å². The number of fused-ring (bicyclic) bond motifs is 1. The van der Waals surface area contributed by atoms with Gasteiger partial charge in [0.25, 0.3) is 0 Å². The highest BCUT2D eigenvalue weighted by Crippen LogP contribution is 2.49. The number of hydrogen-bond donors (Lipinski definition) is 0. The molecule has 3 atom stereocenters. The predicted molar refractivity (Wildman–Crippen MR) is 97.5 cm³/mol. The zero-order valence-electron chi connectivity index (χ0n) is 16.5. The van der Waals surface area contributed by atoms with Crippen LogP contribution in [0.5, 0.6) is 0 Å². The summed E-state index contributed by atoms with van der Waals surface area (Å²) in [5.74, 6) is 0. The van der Waals surface area contributed by atoms with E-state index in [9.17, 15) is 44.3 Å². The maximum atomic E-state index is 13.2. The second-order valence-corrected chi connectivity index (χ2v) is 8.18. The van der Waals surface area contributed by atoms with Crippen molar-refractivity contribution in [3.63, 3.8) is 0 Å². The van der Waals surface area contributed by atoms with Crippen molar-refractivity contribution in [2.75, 3.05) is 0 Å². The van der Waals surface area contributed by atoms with Gasteiger partial charge >= 0.3 is 24.6 Å². The highest BCUT2D eigenvalue weighted by atomic mass is 35.5. The molecule has 0 saturated carbocycles. The van der Waals surface area contributed by atoms with Crippen LogP contribution in [0.2, 0.25) is 5.02 Å². The summed E-state index contributed by atoms with van der Waals surface area (Å²) in [6.07, 6.45) is -17.6. The molecule has 1 amide bonds. The lowest BCUT2D eigenvalue weighted by Gasteiger charge is -2.23. The second-order valence-electron chi connectivity index (χ2n) is 7.77. The van der Waals surface area contributed by atoms with Crippen molar-refractivity contribution in [1.82, 2.24) is 9.88 Å². The van der Waals surface area contributed by atoms with E-state index in [1.54, 1.807) is 0 Å². The van der Waals surface area contributed by atoms with Gasteiger partial charge in [0.05, 0.1) is 33.9 Å². The van der Waals surface area contributed by atoms with Gasteiger partial charge in [0.15, 0.2) is 0 Å². The zero-order valence-corrected chi connectivity index (χ0v) is 17.3. The Balaban J connectivity index is 1.73. The molecule has 34 heavy (non-hydrogen) atoms. The number of hydrogen-bond acceptors (Lipinski definition) is 3. The van der Waals surface area contributed by atoms with Gasteiger partial charge in [-0.15, -0.1) is 0 Å². The van der Waals surface area contributed by atoms with Crippen LogP contribution in [0.1, 0.15) is 53.1 Å². The molecule has 1 aromatic heterocycles. The normalized spacial score (nSPS) is 23.3. The number of alkyl halides is 9. The molecular weight excluding hydrogens is 507 g/mol. The van der Waals surface area contributed by atoms with Crippen molar-refractivity contribution in [3.05, 3.63) is 63.4 Å². The van der Waals surface area contributed by atoms with Gasteiger partial charge in [-0.3, -0.25) is 4.90 Å². The van der Waals surface area contributed by atoms with Gasteiger partial charge in [-0.1, -0.05) is 11.6 Å². The molecule has 0 radical (unpaired) electrons. The number of cyclic esters (lactones) is 1. The van der Waals surface area contributed by atoms with E-state index in [1.165, 1.54) is 0 Å². The summed E-state index contributed by atoms with van der Waals surface area (Å²) < 4.78 is 124. The number of benzene rings is 1. The molecule has 0 aliphatic carbocycles. The lowest BCUT2D eigenvalue weighted by molar-refractivity contribution is -0.143. The molecule has 0 spiro atoms. The summed E-state index contributed by atoms with van der Waals surface area (Å²) in [5, 5.41) is -0.187. The molecule has 2 aliphatic heterocycles. The third kappa shape index (κ3) is 4.37. The van der Waals surface area contributed by atoms with Gasteiger partial charge in [0.2, 0.25) is 0 Å². The number of carbonyl (C=O) groups excluding carboxylic acids is 1. The molecule has 14 heteroatoms. The summed E-state index contributed by atoms with van der Waals surface area (Å²) in [4.78, 5) is 17.0. The number of rotatable bonds is 2. The van der Waals surface area contributed by atoms with E-state index in [-0.39, 0.29) is 29.6 Å². The third-order valence-corrected chi connectivity index (χ3v) is 5.95. The first-order valence-electron chi connectivity index (χ1n) is 9.59. The summed E-state index contributed by atoms with van der Waals surface area (Å²) in [7, 11) is 0. The number of pyridine rings is 1. The van der Waals surface area contributed by atoms with Gasteiger partial charge in [-0.2, -0.15) is 39.5 Å². The molecular formula is C20H12ClF9N2O2. The van der Waals surface area contributed by atoms with Crippen LogP contribution >= 0.6 is 11.6 Å². The molecule has 0 bridgehead atoms. The molecule has 184 valence electrons. The lowest BCUT2D eigenvalue weighted by Crippen LogP contribution is -2.31. The highest BCUT2D eigenvalue weighted by Gasteiger charge is 2.52. The predicted octanol–water partition coefficient (Wildman–Crippen LogP) is 7.19. The van der Waals surface area contributed by atoms with Crippen LogP contribution in [-0.2, 0) is 23.3 Å². The lowest BCUT2D eigenvalue weighted by atomic mass is 9.96. The van der Waals surface area contributed by atoms with Crippen LogP contribution in [0.15, 0.2) is 30.3 Å². The average molecular weight is 519 g/mol. The average Bonchev–Trinajstić information content (AvgIpc) is 3.27. The first-order chi connectivity index (χ1) is 15.6. The van der Waals surface area contributed by atoms with Crippen LogP contribution in [0.25, 0.3) is 0 Å². The van der Waals surface area contributed by atoms with Crippen molar-refractivity contribution in [2.45, 2.75) is 49.6 Å². The largest absolute Gasteiger partial charge is 0.439 e. The monoisotopic (exact) mass is 518 g/mol. The standard InChI is InChI=1S/C20H12ClF9N2O2/c21-11-1-4-14(20(28,29)30)31-15(11)12-2-3-13-16(34-17(33)32(12)13)8-5-9(18(22,23)24)7-10(6-8)19(25,26)27/h1,4-7,12-13,16H,2-3H2/t12-,13-,16+/m0/s1. The number of aromatic nitrogens is 1. The maximum absolute atomic E-state index is 13.2. The fourth-order valence-corrected chi connectivity index (χ4v) is 4.43. The molecule has 0 unspecified atom stereocenters. The number of carbonyl (C=O) groups is 1. The first-order valence-corrected chi connectivity index (χ1v) is 9.97. The highest BCUT2D eigenvalue weighted by molar-refractivity contribution is 6.31. The molecule has 4 nitrogen and oxygen atoms in total. The third-order valence-electron chi connectivity index (χ3n) is 5.63. The molecule has 0 N–H and O–H groups in total. The minimum absolute atomic E-state index is 0.0208. The Morgan fingerprint density at radius 2 is 1.47 bits per heavy atom. The van der Waals surface area contributed by atoms with E-state index in [2.05, 4.69) is 4.98 Å². The SMILES string of the molecule is O=C1O[C@H](c2cc(C(F)(F)F)cc(C(F)(F)F)c2)[C@@H]2CC[C@@H](c3nc(C(F)(F)F)ccc3Cl)N12. The quantitative estimate of drug-likeness (QED) is 0.395. The Hall–Kier alpha value is -2.70. The van der Waals surface area contributed by atoms with Crippen LogP contribution in [-0.4, -0.2) is 22.0 Å². The van der Waals surface area contributed by atoms with Gasteiger partial charge in [0.1, 0.15) is 11.8 Å². The molecule has 2 aliphatic rings. The summed E-state index contributed by atoms with van der Waals surface area (Å²) in [5.41, 5.74) is -5.26. The minimum Gasteiger partial charge on any atom is -0.439 e. The van der Waals surface area contributed by atoms with Crippen LogP contribution in [0.4, 0.5) is 44.3 Å². The van der Waals surface area contributed by atoms with E-state index in [0.717, 1.165) is 11.0 Å². The van der Waals surface area contributed by atoms with Crippen molar-refractivity contribution in [3.8, 4) is 0 Å². The Kier molecular flexibility index (Phi) is 5.69. The Morgan fingerprint density at radius 1 is 0.882 bits per heavy atom. The Morgan fingerprint density at radius 3 is 2.00 bits per heavy atom. The zero-order chi connectivity index (χ0) is 25.2. The number of nitrogens with zero attached hydrogens (tertiary/aromatic N) is 2. The molecule has 1 aromatic carbocycles. The van der Waals surface area contributed by atoms with Crippen LogP contribution < -0.4 is 0 Å². The van der Waals surface area contributed by atoms with Crippen molar-refractivity contribution in [2.24, 2.45) is 0 Å². The maximum Gasteiger partial charge on any atom is 0.433 e. The minimum atomic E-state index is -5.11. The van der Waals surface area contributed by atoms with E-state index in [0.29, 0.717) is 18.2 Å². The molecule has 2 saturated heterocycles. The van der Waals surface area contributed by atoms with E-state index < -0.39 is 65.2 Å². The summed E-state index contributed by atoms with van der Waals surface area (Å²) in [6, 6.07) is 0.312. The Bertz CT molecular complexity index is 1100. The van der Waals surface area contributed by atoms with Crippen molar-refractivity contribution in [1.29, 1.82) is 0 Å². The summed E-state index contributed by atoms with van der Waals surface area (Å²) in [6.45, 7) is 0. The second kappa shape index (κ2) is 7.92. The smallest absolute Gasteiger partial charge is 0.433 e.